The van der Waals surface area contributed by atoms with Gasteiger partial charge in [0.05, 0.1) is 21.0 Å². The van der Waals surface area contributed by atoms with Crippen molar-refractivity contribution in [2.75, 3.05) is 0 Å². The molecule has 0 aliphatic carbocycles. The highest BCUT2D eigenvalue weighted by Crippen LogP contribution is 2.26. The van der Waals surface area contributed by atoms with E-state index in [1.165, 1.54) is 10.4 Å². The fourth-order valence-corrected chi connectivity index (χ4v) is 3.73. The summed E-state index contributed by atoms with van der Waals surface area (Å²) in [6.07, 6.45) is 2.11. The molecule has 3 aromatic heterocycles. The third kappa shape index (κ3) is 2.46. The third-order valence-electron chi connectivity index (χ3n) is 2.43. The number of thiophene rings is 1. The topological polar surface area (TPSA) is 16.8 Å². The van der Waals surface area contributed by atoms with E-state index in [0.29, 0.717) is 0 Å². The second-order valence-corrected chi connectivity index (χ2v) is 6.57. The zero-order valence-electron chi connectivity index (χ0n) is 9.29. The van der Waals surface area contributed by atoms with Crippen molar-refractivity contribution < 1.29 is 4.57 Å². The van der Waals surface area contributed by atoms with Crippen LogP contribution in [0.15, 0.2) is 33.9 Å². The zero-order chi connectivity index (χ0) is 11.7. The van der Waals surface area contributed by atoms with Crippen molar-refractivity contribution in [3.8, 4) is 11.3 Å². The number of rotatable bonds is 3. The molecule has 0 atom stereocenters. The van der Waals surface area contributed by atoms with E-state index in [9.17, 15) is 0 Å². The SMILES string of the molecule is Cc1nc(-c2csc(C[n+]3ccsc3)c2)cs1. The van der Waals surface area contributed by atoms with Crippen LogP contribution in [0.3, 0.4) is 0 Å². The molecule has 0 saturated carbocycles. The summed E-state index contributed by atoms with van der Waals surface area (Å²) < 4.78 is 2.20. The van der Waals surface area contributed by atoms with E-state index in [1.54, 1.807) is 34.0 Å². The molecule has 0 radical (unpaired) electrons. The van der Waals surface area contributed by atoms with Crippen LogP contribution in [-0.4, -0.2) is 4.98 Å². The fraction of sp³-hybridized carbons (Fsp3) is 0.167. The Labute approximate surface area is 112 Å². The Kier molecular flexibility index (Phi) is 3.05. The molecule has 0 amide bonds. The van der Waals surface area contributed by atoms with Gasteiger partial charge in [0.15, 0.2) is 12.7 Å². The van der Waals surface area contributed by atoms with E-state index < -0.39 is 0 Å². The highest BCUT2D eigenvalue weighted by Gasteiger charge is 2.09. The van der Waals surface area contributed by atoms with Crippen LogP contribution in [0.2, 0.25) is 0 Å². The summed E-state index contributed by atoms with van der Waals surface area (Å²) in [5.41, 5.74) is 4.47. The van der Waals surface area contributed by atoms with E-state index >= 15 is 0 Å². The van der Waals surface area contributed by atoms with Crippen molar-refractivity contribution in [2.45, 2.75) is 13.5 Å². The molecule has 3 rings (SSSR count). The summed E-state index contributed by atoms with van der Waals surface area (Å²) in [5, 5.41) is 7.54. The Hall–Kier alpha value is -1.04. The van der Waals surface area contributed by atoms with E-state index in [1.807, 2.05) is 6.92 Å². The molecule has 2 nitrogen and oxygen atoms in total. The molecule has 0 aromatic carbocycles. The summed E-state index contributed by atoms with van der Waals surface area (Å²) in [5.74, 6) is 0. The molecule has 3 heterocycles. The lowest BCUT2D eigenvalue weighted by Gasteiger charge is -1.89. The molecule has 0 fully saturated rings. The van der Waals surface area contributed by atoms with Crippen LogP contribution in [-0.2, 0) is 6.54 Å². The van der Waals surface area contributed by atoms with Gasteiger partial charge >= 0.3 is 0 Å². The summed E-state index contributed by atoms with van der Waals surface area (Å²) in [4.78, 5) is 5.88. The minimum atomic E-state index is 0.956. The normalized spacial score (nSPS) is 10.9. The number of aromatic nitrogens is 2. The summed E-state index contributed by atoms with van der Waals surface area (Å²) in [6.45, 7) is 3.00. The second-order valence-electron chi connectivity index (χ2n) is 3.75. The van der Waals surface area contributed by atoms with Crippen LogP contribution in [0.1, 0.15) is 9.88 Å². The van der Waals surface area contributed by atoms with Crippen LogP contribution in [0.5, 0.6) is 0 Å². The van der Waals surface area contributed by atoms with E-state index in [0.717, 1.165) is 17.2 Å². The monoisotopic (exact) mass is 279 g/mol. The Balaban J connectivity index is 1.83. The lowest BCUT2D eigenvalue weighted by atomic mass is 10.2. The molecule has 0 aliphatic heterocycles. The van der Waals surface area contributed by atoms with Gasteiger partial charge in [-0.2, -0.15) is 4.57 Å². The molecule has 0 bridgehead atoms. The number of aryl methyl sites for hydroxylation is 1. The average molecular weight is 279 g/mol. The summed E-state index contributed by atoms with van der Waals surface area (Å²) >= 11 is 5.23. The van der Waals surface area contributed by atoms with Crippen molar-refractivity contribution >= 4 is 34.0 Å². The van der Waals surface area contributed by atoms with Gasteiger partial charge in [-0.3, -0.25) is 0 Å². The van der Waals surface area contributed by atoms with Gasteiger partial charge in [0.1, 0.15) is 0 Å². The predicted molar refractivity (Wildman–Crippen MR) is 73.8 cm³/mol. The highest BCUT2D eigenvalue weighted by atomic mass is 32.1. The van der Waals surface area contributed by atoms with Gasteiger partial charge in [0.25, 0.3) is 0 Å². The quantitative estimate of drug-likeness (QED) is 0.670. The molecule has 0 saturated heterocycles. The Morgan fingerprint density at radius 3 is 2.94 bits per heavy atom. The Morgan fingerprint density at radius 1 is 1.29 bits per heavy atom. The van der Waals surface area contributed by atoms with E-state index in [4.69, 9.17) is 0 Å². The standard InChI is InChI=1S/C12H11N2S3/c1-9-13-12(7-16-9)10-4-11(17-6-10)5-14-2-3-15-8-14/h2-4,6-8H,5H2,1H3/q+1. The maximum absolute atomic E-state index is 4.51. The van der Waals surface area contributed by atoms with E-state index in [-0.39, 0.29) is 0 Å². The van der Waals surface area contributed by atoms with Gasteiger partial charge in [-0.1, -0.05) is 11.3 Å². The molecule has 17 heavy (non-hydrogen) atoms. The van der Waals surface area contributed by atoms with Crippen molar-refractivity contribution in [1.29, 1.82) is 0 Å². The molecule has 5 heteroatoms. The second kappa shape index (κ2) is 4.68. The Bertz CT molecular complexity index is 607. The van der Waals surface area contributed by atoms with Crippen molar-refractivity contribution in [1.82, 2.24) is 4.98 Å². The maximum atomic E-state index is 4.51. The number of thiazole rings is 2. The summed E-state index contributed by atoms with van der Waals surface area (Å²) in [6, 6.07) is 2.24. The van der Waals surface area contributed by atoms with Crippen molar-refractivity contribution in [2.24, 2.45) is 0 Å². The third-order valence-corrected chi connectivity index (χ3v) is 4.80. The van der Waals surface area contributed by atoms with Gasteiger partial charge in [0.2, 0.25) is 5.51 Å². The average Bonchev–Trinajstić information content (AvgIpc) is 2.99. The lowest BCUT2D eigenvalue weighted by Crippen LogP contribution is -2.29. The molecular formula is C12H11N2S3+. The van der Waals surface area contributed by atoms with Crippen LogP contribution in [0.25, 0.3) is 11.3 Å². The maximum Gasteiger partial charge on any atom is 0.225 e. The number of nitrogens with zero attached hydrogens (tertiary/aromatic N) is 2. The fourth-order valence-electron chi connectivity index (χ4n) is 1.63. The minimum Gasteiger partial charge on any atom is -0.242 e. The van der Waals surface area contributed by atoms with Crippen molar-refractivity contribution in [3.63, 3.8) is 0 Å². The van der Waals surface area contributed by atoms with Gasteiger partial charge in [-0.25, -0.2) is 4.98 Å². The molecule has 0 aliphatic rings. The van der Waals surface area contributed by atoms with Gasteiger partial charge < -0.3 is 0 Å². The molecule has 0 unspecified atom stereocenters. The first kappa shape index (κ1) is 11.1. The largest absolute Gasteiger partial charge is 0.242 e. The van der Waals surface area contributed by atoms with Gasteiger partial charge in [0, 0.05) is 16.3 Å². The van der Waals surface area contributed by atoms with Crippen molar-refractivity contribution in [3.05, 3.63) is 43.8 Å². The molecule has 3 aromatic rings. The van der Waals surface area contributed by atoms with Gasteiger partial charge in [-0.15, -0.1) is 22.7 Å². The van der Waals surface area contributed by atoms with Gasteiger partial charge in [-0.05, 0) is 13.0 Å². The summed E-state index contributed by atoms with van der Waals surface area (Å²) in [7, 11) is 0. The first-order chi connectivity index (χ1) is 8.31. The molecule has 0 N–H and O–H groups in total. The zero-order valence-corrected chi connectivity index (χ0v) is 11.7. The lowest BCUT2D eigenvalue weighted by molar-refractivity contribution is -0.683. The van der Waals surface area contributed by atoms with Crippen LogP contribution >= 0.6 is 34.0 Å². The molecule has 86 valence electrons. The van der Waals surface area contributed by atoms with Crippen LogP contribution < -0.4 is 4.57 Å². The first-order valence-corrected chi connectivity index (χ1v) is 7.92. The number of hydrogen-bond acceptors (Lipinski definition) is 4. The van der Waals surface area contributed by atoms with Crippen LogP contribution in [0.4, 0.5) is 0 Å². The van der Waals surface area contributed by atoms with E-state index in [2.05, 4.69) is 43.5 Å². The predicted octanol–water partition coefficient (Wildman–Crippen LogP) is 3.58. The molecular weight excluding hydrogens is 268 g/mol. The first-order valence-electron chi connectivity index (χ1n) is 5.22. The molecule has 0 spiro atoms. The minimum absolute atomic E-state index is 0.956. The Morgan fingerprint density at radius 2 is 2.24 bits per heavy atom. The highest BCUT2D eigenvalue weighted by molar-refractivity contribution is 7.11. The number of hydrogen-bond donors (Lipinski definition) is 0. The smallest absolute Gasteiger partial charge is 0.225 e. The van der Waals surface area contributed by atoms with Crippen LogP contribution in [0, 0.1) is 6.92 Å².